The fourth-order valence-corrected chi connectivity index (χ4v) is 3.47. The van der Waals surface area contributed by atoms with Crippen LogP contribution in [-0.4, -0.2) is 40.1 Å². The number of imidazole rings is 1. The van der Waals surface area contributed by atoms with E-state index in [0.717, 1.165) is 55.1 Å². The summed E-state index contributed by atoms with van der Waals surface area (Å²) >= 11 is 0. The minimum absolute atomic E-state index is 0.701. The van der Waals surface area contributed by atoms with Crippen molar-refractivity contribution in [3.05, 3.63) is 42.5 Å². The molecule has 6 nitrogen and oxygen atoms in total. The van der Waals surface area contributed by atoms with Gasteiger partial charge in [0.15, 0.2) is 11.5 Å². The van der Waals surface area contributed by atoms with Crippen LogP contribution in [0.25, 0.3) is 11.2 Å². The number of H-pyrrole nitrogens is 1. The van der Waals surface area contributed by atoms with Crippen LogP contribution in [0.1, 0.15) is 18.4 Å². The SMILES string of the molecule is COc1cccc(CC2CCN(c3ncnc4nc[nH]c34)CC2)c1. The number of aromatic nitrogens is 4. The largest absolute Gasteiger partial charge is 0.497 e. The molecule has 1 aliphatic heterocycles. The molecule has 24 heavy (non-hydrogen) atoms. The quantitative estimate of drug-likeness (QED) is 0.800. The Morgan fingerprint density at radius 2 is 2.08 bits per heavy atom. The smallest absolute Gasteiger partial charge is 0.182 e. The fraction of sp³-hybridized carbons (Fsp3) is 0.389. The van der Waals surface area contributed by atoms with Crippen LogP contribution in [0, 0.1) is 5.92 Å². The molecule has 1 N–H and O–H groups in total. The van der Waals surface area contributed by atoms with Crippen molar-refractivity contribution in [2.24, 2.45) is 5.92 Å². The van der Waals surface area contributed by atoms with Crippen LogP contribution in [0.5, 0.6) is 5.75 Å². The van der Waals surface area contributed by atoms with Crippen molar-refractivity contribution in [2.75, 3.05) is 25.1 Å². The number of aromatic amines is 1. The van der Waals surface area contributed by atoms with Gasteiger partial charge in [0.05, 0.1) is 13.4 Å². The van der Waals surface area contributed by atoms with E-state index in [0.29, 0.717) is 5.92 Å². The standard InChI is InChI=1S/C18H21N5O/c1-24-15-4-2-3-14(10-15)9-13-5-7-23(8-6-13)18-16-17(20-11-19-16)21-12-22-18/h2-4,10-13H,5-9H2,1H3,(H,19,20,21,22). The Morgan fingerprint density at radius 3 is 2.92 bits per heavy atom. The maximum atomic E-state index is 5.32. The number of anilines is 1. The zero-order valence-corrected chi connectivity index (χ0v) is 13.8. The molecule has 0 spiro atoms. The van der Waals surface area contributed by atoms with Crippen LogP contribution in [-0.2, 0) is 6.42 Å². The summed E-state index contributed by atoms with van der Waals surface area (Å²) in [6.45, 7) is 2.03. The molecule has 4 rings (SSSR count). The molecule has 3 aromatic rings. The number of fused-ring (bicyclic) bond motifs is 1. The molecule has 1 saturated heterocycles. The summed E-state index contributed by atoms with van der Waals surface area (Å²) < 4.78 is 5.32. The third kappa shape index (κ3) is 2.91. The average molecular weight is 323 g/mol. The Bertz CT molecular complexity index is 823. The van der Waals surface area contributed by atoms with Crippen molar-refractivity contribution in [2.45, 2.75) is 19.3 Å². The van der Waals surface area contributed by atoms with Gasteiger partial charge in [-0.1, -0.05) is 12.1 Å². The maximum Gasteiger partial charge on any atom is 0.182 e. The summed E-state index contributed by atoms with van der Waals surface area (Å²) in [4.78, 5) is 18.4. The molecule has 6 heteroatoms. The predicted molar refractivity (Wildman–Crippen MR) is 93.3 cm³/mol. The fourth-order valence-electron chi connectivity index (χ4n) is 3.47. The summed E-state index contributed by atoms with van der Waals surface area (Å²) in [6.07, 6.45) is 6.71. The van der Waals surface area contributed by atoms with Gasteiger partial charge in [0.1, 0.15) is 17.6 Å². The lowest BCUT2D eigenvalue weighted by molar-refractivity contribution is 0.398. The number of benzene rings is 1. The van der Waals surface area contributed by atoms with Crippen LogP contribution in [0.2, 0.25) is 0 Å². The van der Waals surface area contributed by atoms with Gasteiger partial charge in [-0.3, -0.25) is 0 Å². The second-order valence-electron chi connectivity index (χ2n) is 6.28. The molecule has 1 fully saturated rings. The first-order valence-corrected chi connectivity index (χ1v) is 8.35. The highest BCUT2D eigenvalue weighted by Crippen LogP contribution is 2.28. The third-order valence-electron chi connectivity index (χ3n) is 4.78. The van der Waals surface area contributed by atoms with Gasteiger partial charge in [0, 0.05) is 13.1 Å². The van der Waals surface area contributed by atoms with Crippen molar-refractivity contribution in [3.8, 4) is 5.75 Å². The normalized spacial score (nSPS) is 15.8. The Morgan fingerprint density at radius 1 is 1.21 bits per heavy atom. The van der Waals surface area contributed by atoms with Crippen molar-refractivity contribution >= 4 is 17.0 Å². The minimum Gasteiger partial charge on any atom is -0.497 e. The van der Waals surface area contributed by atoms with E-state index in [9.17, 15) is 0 Å². The van der Waals surface area contributed by atoms with E-state index in [-0.39, 0.29) is 0 Å². The second-order valence-corrected chi connectivity index (χ2v) is 6.28. The molecule has 0 radical (unpaired) electrons. The molecule has 0 bridgehead atoms. The first-order valence-electron chi connectivity index (χ1n) is 8.35. The monoisotopic (exact) mass is 323 g/mol. The number of ether oxygens (including phenoxy) is 1. The molecule has 1 aromatic carbocycles. The van der Waals surface area contributed by atoms with E-state index in [2.05, 4.69) is 43.0 Å². The number of methoxy groups -OCH3 is 1. The summed E-state index contributed by atoms with van der Waals surface area (Å²) in [6, 6.07) is 8.40. The summed E-state index contributed by atoms with van der Waals surface area (Å²) in [7, 11) is 1.72. The van der Waals surface area contributed by atoms with Gasteiger partial charge >= 0.3 is 0 Å². The summed E-state index contributed by atoms with van der Waals surface area (Å²) in [5.74, 6) is 2.61. The lowest BCUT2D eigenvalue weighted by Gasteiger charge is -2.33. The molecule has 124 valence electrons. The van der Waals surface area contributed by atoms with Crippen LogP contribution in [0.3, 0.4) is 0 Å². The number of piperidine rings is 1. The van der Waals surface area contributed by atoms with Crippen LogP contribution >= 0.6 is 0 Å². The van der Waals surface area contributed by atoms with Gasteiger partial charge in [0.25, 0.3) is 0 Å². The van der Waals surface area contributed by atoms with E-state index >= 15 is 0 Å². The minimum atomic E-state index is 0.701. The van der Waals surface area contributed by atoms with Crippen LogP contribution < -0.4 is 9.64 Å². The van der Waals surface area contributed by atoms with E-state index in [1.807, 2.05) is 6.07 Å². The van der Waals surface area contributed by atoms with Gasteiger partial charge < -0.3 is 14.6 Å². The Labute approximate surface area is 140 Å². The lowest BCUT2D eigenvalue weighted by atomic mass is 9.90. The van der Waals surface area contributed by atoms with Crippen LogP contribution in [0.15, 0.2) is 36.9 Å². The molecule has 0 atom stereocenters. The van der Waals surface area contributed by atoms with Gasteiger partial charge in [0.2, 0.25) is 0 Å². The first-order chi connectivity index (χ1) is 11.8. The number of nitrogens with zero attached hydrogens (tertiary/aromatic N) is 4. The summed E-state index contributed by atoms with van der Waals surface area (Å²) in [5, 5.41) is 0. The third-order valence-corrected chi connectivity index (χ3v) is 4.78. The highest BCUT2D eigenvalue weighted by atomic mass is 16.5. The Balaban J connectivity index is 1.42. The first kappa shape index (κ1) is 14.9. The van der Waals surface area contributed by atoms with Gasteiger partial charge in [-0.05, 0) is 42.9 Å². The number of hydrogen-bond donors (Lipinski definition) is 1. The Hall–Kier alpha value is -2.63. The molecule has 0 aliphatic carbocycles. The molecule has 0 amide bonds. The van der Waals surface area contributed by atoms with Crippen LogP contribution in [0.4, 0.5) is 5.82 Å². The number of hydrogen-bond acceptors (Lipinski definition) is 5. The van der Waals surface area contributed by atoms with Gasteiger partial charge in [-0.15, -0.1) is 0 Å². The molecular weight excluding hydrogens is 302 g/mol. The lowest BCUT2D eigenvalue weighted by Crippen LogP contribution is -2.35. The van der Waals surface area contributed by atoms with E-state index in [1.54, 1.807) is 19.8 Å². The van der Waals surface area contributed by atoms with Crippen molar-refractivity contribution in [1.29, 1.82) is 0 Å². The maximum absolute atomic E-state index is 5.32. The van der Waals surface area contributed by atoms with E-state index in [1.165, 1.54) is 5.56 Å². The van der Waals surface area contributed by atoms with E-state index in [4.69, 9.17) is 4.74 Å². The average Bonchev–Trinajstić information content (AvgIpc) is 3.11. The van der Waals surface area contributed by atoms with Crippen molar-refractivity contribution in [3.63, 3.8) is 0 Å². The highest BCUT2D eigenvalue weighted by molar-refractivity contribution is 5.82. The molecule has 1 aliphatic rings. The number of rotatable bonds is 4. The molecule has 2 aromatic heterocycles. The predicted octanol–water partition coefficient (Wildman–Crippen LogP) is 2.82. The van der Waals surface area contributed by atoms with Crippen molar-refractivity contribution in [1.82, 2.24) is 19.9 Å². The van der Waals surface area contributed by atoms with E-state index < -0.39 is 0 Å². The van der Waals surface area contributed by atoms with Gasteiger partial charge in [-0.2, -0.15) is 0 Å². The second kappa shape index (κ2) is 6.47. The zero-order chi connectivity index (χ0) is 16.4. The molecule has 0 unspecified atom stereocenters. The zero-order valence-electron chi connectivity index (χ0n) is 13.8. The molecule has 0 saturated carbocycles. The van der Waals surface area contributed by atoms with Crippen molar-refractivity contribution < 1.29 is 4.74 Å². The molecular formula is C18H21N5O. The highest BCUT2D eigenvalue weighted by Gasteiger charge is 2.22. The number of nitrogens with one attached hydrogen (secondary N) is 1. The Kier molecular flexibility index (Phi) is 4.02. The molecule has 3 heterocycles. The van der Waals surface area contributed by atoms with Gasteiger partial charge in [-0.25, -0.2) is 15.0 Å². The summed E-state index contributed by atoms with van der Waals surface area (Å²) in [5.41, 5.74) is 3.02. The topological polar surface area (TPSA) is 66.9 Å².